The number of aromatic amines is 1. The van der Waals surface area contributed by atoms with Crippen LogP contribution < -0.4 is 4.74 Å². The van der Waals surface area contributed by atoms with Crippen LogP contribution in [0.5, 0.6) is 5.75 Å². The van der Waals surface area contributed by atoms with E-state index in [2.05, 4.69) is 80.5 Å². The number of rotatable bonds is 7. The Kier molecular flexibility index (Phi) is 6.10. The summed E-state index contributed by atoms with van der Waals surface area (Å²) in [6.45, 7) is 3.52. The standard InChI is InChI=1S/C30H29N5O/c1-36-26-11-9-24(10-12-26)29-25(21-35(33-29)19-22-6-3-2-4-7-22)20-34-16-13-23(14-17-34)28-18-32-30-27(28)8-5-15-31-30/h2-13,15,18,21H,14,16-17,19-20H2,1H3,(H,31,32). The van der Waals surface area contributed by atoms with Crippen LogP contribution in [0.2, 0.25) is 0 Å². The van der Waals surface area contributed by atoms with Gasteiger partial charge in [0.15, 0.2) is 0 Å². The number of nitrogens with zero attached hydrogens (tertiary/aromatic N) is 4. The number of nitrogens with one attached hydrogen (secondary N) is 1. The van der Waals surface area contributed by atoms with E-state index in [0.29, 0.717) is 0 Å². The van der Waals surface area contributed by atoms with E-state index in [1.165, 1.54) is 27.6 Å². The molecule has 0 aliphatic carbocycles. The molecular formula is C30H29N5O. The third-order valence-electron chi connectivity index (χ3n) is 6.87. The molecule has 6 heteroatoms. The van der Waals surface area contributed by atoms with Crippen LogP contribution in [-0.2, 0) is 13.1 Å². The van der Waals surface area contributed by atoms with Gasteiger partial charge in [-0.15, -0.1) is 0 Å². The lowest BCUT2D eigenvalue weighted by Crippen LogP contribution is -2.28. The predicted octanol–water partition coefficient (Wildman–Crippen LogP) is 5.77. The first-order valence-electron chi connectivity index (χ1n) is 12.4. The fourth-order valence-corrected chi connectivity index (χ4v) is 4.98. The molecule has 6 rings (SSSR count). The summed E-state index contributed by atoms with van der Waals surface area (Å²) < 4.78 is 7.43. The Labute approximate surface area is 210 Å². The molecule has 0 radical (unpaired) electrons. The molecule has 0 atom stereocenters. The van der Waals surface area contributed by atoms with Gasteiger partial charge in [-0.2, -0.15) is 5.10 Å². The van der Waals surface area contributed by atoms with Gasteiger partial charge in [0.05, 0.1) is 19.3 Å². The molecule has 0 fully saturated rings. The summed E-state index contributed by atoms with van der Waals surface area (Å²) in [6, 6.07) is 22.8. The third-order valence-corrected chi connectivity index (χ3v) is 6.87. The Bertz CT molecular complexity index is 1500. The summed E-state index contributed by atoms with van der Waals surface area (Å²) in [7, 11) is 1.69. The lowest BCUT2D eigenvalue weighted by atomic mass is 9.99. The van der Waals surface area contributed by atoms with Gasteiger partial charge in [0.25, 0.3) is 0 Å². The first-order valence-corrected chi connectivity index (χ1v) is 12.4. The second-order valence-corrected chi connectivity index (χ2v) is 9.23. The molecule has 3 aromatic heterocycles. The molecule has 0 spiro atoms. The monoisotopic (exact) mass is 475 g/mol. The van der Waals surface area contributed by atoms with E-state index in [-0.39, 0.29) is 0 Å². The van der Waals surface area contributed by atoms with Gasteiger partial charge in [0.2, 0.25) is 0 Å². The molecule has 1 N–H and O–H groups in total. The van der Waals surface area contributed by atoms with E-state index in [1.54, 1.807) is 7.11 Å². The maximum Gasteiger partial charge on any atom is 0.137 e. The number of pyridine rings is 1. The smallest absolute Gasteiger partial charge is 0.137 e. The molecule has 1 aliphatic rings. The second kappa shape index (κ2) is 9.84. The average molecular weight is 476 g/mol. The molecule has 0 saturated heterocycles. The summed E-state index contributed by atoms with van der Waals surface area (Å²) in [6.07, 6.45) is 9.50. The van der Waals surface area contributed by atoms with Crippen LogP contribution in [0.1, 0.15) is 23.1 Å². The molecule has 6 nitrogen and oxygen atoms in total. The molecule has 36 heavy (non-hydrogen) atoms. The van der Waals surface area contributed by atoms with Crippen LogP contribution in [0.15, 0.2) is 91.4 Å². The topological polar surface area (TPSA) is 59.0 Å². The Balaban J connectivity index is 1.25. The van der Waals surface area contributed by atoms with E-state index < -0.39 is 0 Å². The van der Waals surface area contributed by atoms with Crippen LogP contribution in [0.4, 0.5) is 0 Å². The summed E-state index contributed by atoms with van der Waals surface area (Å²) in [5, 5.41) is 6.20. The van der Waals surface area contributed by atoms with Crippen LogP contribution in [0, 0.1) is 0 Å². The number of aromatic nitrogens is 4. The molecule has 180 valence electrons. The lowest BCUT2D eigenvalue weighted by Gasteiger charge is -2.26. The minimum atomic E-state index is 0.753. The van der Waals surface area contributed by atoms with Crippen molar-refractivity contribution < 1.29 is 4.74 Å². The largest absolute Gasteiger partial charge is 0.497 e. The number of ether oxygens (including phenoxy) is 1. The fraction of sp³-hybridized carbons (Fsp3) is 0.200. The molecule has 2 aromatic carbocycles. The van der Waals surface area contributed by atoms with E-state index in [0.717, 1.165) is 55.3 Å². The summed E-state index contributed by atoms with van der Waals surface area (Å²) in [4.78, 5) is 10.2. The first-order chi connectivity index (χ1) is 17.8. The van der Waals surface area contributed by atoms with Crippen molar-refractivity contribution in [3.05, 3.63) is 108 Å². The molecule has 0 bridgehead atoms. The minimum absolute atomic E-state index is 0.753. The maximum absolute atomic E-state index is 5.36. The normalized spacial score (nSPS) is 14.2. The van der Waals surface area contributed by atoms with Gasteiger partial charge < -0.3 is 9.72 Å². The van der Waals surface area contributed by atoms with Gasteiger partial charge >= 0.3 is 0 Å². The Hall–Kier alpha value is -4.16. The Morgan fingerprint density at radius 3 is 2.61 bits per heavy atom. The van der Waals surface area contributed by atoms with Crippen LogP contribution in [-0.4, -0.2) is 44.8 Å². The van der Waals surface area contributed by atoms with E-state index in [4.69, 9.17) is 9.84 Å². The molecule has 0 saturated carbocycles. The molecule has 4 heterocycles. The Morgan fingerprint density at radius 1 is 0.972 bits per heavy atom. The van der Waals surface area contributed by atoms with Crippen molar-refractivity contribution in [2.45, 2.75) is 19.5 Å². The van der Waals surface area contributed by atoms with Crippen molar-refractivity contribution in [2.75, 3.05) is 20.2 Å². The molecule has 1 aliphatic heterocycles. The first kappa shape index (κ1) is 22.3. The second-order valence-electron chi connectivity index (χ2n) is 9.23. The van der Waals surface area contributed by atoms with Gasteiger partial charge in [-0.25, -0.2) is 4.98 Å². The highest BCUT2D eigenvalue weighted by molar-refractivity contribution is 5.90. The molecular weight excluding hydrogens is 446 g/mol. The van der Waals surface area contributed by atoms with Gasteiger partial charge in [-0.1, -0.05) is 36.4 Å². The van der Waals surface area contributed by atoms with Crippen molar-refractivity contribution in [3.8, 4) is 17.0 Å². The molecule has 0 unspecified atom stereocenters. The number of hydrogen-bond acceptors (Lipinski definition) is 4. The van der Waals surface area contributed by atoms with Crippen LogP contribution in [0.25, 0.3) is 27.9 Å². The number of H-pyrrole nitrogens is 1. The van der Waals surface area contributed by atoms with Crippen molar-refractivity contribution >= 4 is 16.6 Å². The third kappa shape index (κ3) is 4.55. The zero-order valence-corrected chi connectivity index (χ0v) is 20.4. The highest BCUT2D eigenvalue weighted by Crippen LogP contribution is 2.30. The predicted molar refractivity (Wildman–Crippen MR) is 144 cm³/mol. The van der Waals surface area contributed by atoms with E-state index in [9.17, 15) is 0 Å². The van der Waals surface area contributed by atoms with Crippen molar-refractivity contribution in [1.29, 1.82) is 0 Å². The van der Waals surface area contributed by atoms with Crippen molar-refractivity contribution in [2.24, 2.45) is 0 Å². The number of hydrogen-bond donors (Lipinski definition) is 1. The number of fused-ring (bicyclic) bond motifs is 1. The highest BCUT2D eigenvalue weighted by Gasteiger charge is 2.19. The van der Waals surface area contributed by atoms with Crippen LogP contribution in [0.3, 0.4) is 0 Å². The highest BCUT2D eigenvalue weighted by atomic mass is 16.5. The van der Waals surface area contributed by atoms with Gasteiger partial charge in [0.1, 0.15) is 11.4 Å². The van der Waals surface area contributed by atoms with E-state index >= 15 is 0 Å². The molecule has 0 amide bonds. The summed E-state index contributed by atoms with van der Waals surface area (Å²) >= 11 is 0. The van der Waals surface area contributed by atoms with Gasteiger partial charge in [-0.3, -0.25) is 9.58 Å². The number of methoxy groups -OCH3 is 1. The summed E-state index contributed by atoms with van der Waals surface area (Å²) in [5.41, 5.74) is 8.23. The SMILES string of the molecule is COc1ccc(-c2nn(Cc3ccccc3)cc2CN2CC=C(c3c[nH]c4ncccc34)CC2)cc1. The average Bonchev–Trinajstić information content (AvgIpc) is 3.54. The van der Waals surface area contributed by atoms with Crippen LogP contribution >= 0.6 is 0 Å². The van der Waals surface area contributed by atoms with Crippen molar-refractivity contribution in [3.63, 3.8) is 0 Å². The van der Waals surface area contributed by atoms with Gasteiger partial charge in [0, 0.05) is 60.3 Å². The van der Waals surface area contributed by atoms with E-state index in [1.807, 2.05) is 30.5 Å². The quantitative estimate of drug-likeness (QED) is 0.325. The summed E-state index contributed by atoms with van der Waals surface area (Å²) in [5.74, 6) is 0.852. The minimum Gasteiger partial charge on any atom is -0.497 e. The maximum atomic E-state index is 5.36. The van der Waals surface area contributed by atoms with Crippen molar-refractivity contribution in [1.82, 2.24) is 24.6 Å². The lowest BCUT2D eigenvalue weighted by molar-refractivity contribution is 0.294. The fourth-order valence-electron chi connectivity index (χ4n) is 4.98. The zero-order chi connectivity index (χ0) is 24.3. The Morgan fingerprint density at radius 2 is 1.83 bits per heavy atom. The van der Waals surface area contributed by atoms with Gasteiger partial charge in [-0.05, 0) is 54.0 Å². The zero-order valence-electron chi connectivity index (χ0n) is 20.4. The number of benzene rings is 2. The molecule has 5 aromatic rings.